The number of aryl methyl sites for hydroxylation is 1. The molecule has 0 saturated heterocycles. The predicted molar refractivity (Wildman–Crippen MR) is 78.0 cm³/mol. The van der Waals surface area contributed by atoms with Crippen LogP contribution in [0.5, 0.6) is 0 Å². The van der Waals surface area contributed by atoms with Crippen molar-refractivity contribution in [3.63, 3.8) is 0 Å². The molecule has 0 spiro atoms. The lowest BCUT2D eigenvalue weighted by molar-refractivity contribution is 0.337. The number of unbranched alkanes of at least 4 members (excludes halogenated alkanes) is 2. The number of halogens is 1. The molecule has 1 aromatic rings. The summed E-state index contributed by atoms with van der Waals surface area (Å²) in [5.41, 5.74) is 1.02. The van der Waals surface area contributed by atoms with Gasteiger partial charge >= 0.3 is 0 Å². The molecule has 1 aromatic carbocycles. The van der Waals surface area contributed by atoms with Crippen LogP contribution in [0.15, 0.2) is 41.1 Å². The average molecular weight is 300 g/mol. The van der Waals surface area contributed by atoms with Gasteiger partial charge in [-0.05, 0) is 44.4 Å². The van der Waals surface area contributed by atoms with Crippen molar-refractivity contribution in [2.24, 2.45) is 0 Å². The maximum atomic E-state index is 13.0. The summed E-state index contributed by atoms with van der Waals surface area (Å²) in [4.78, 5) is 0.342. The third kappa shape index (κ3) is 5.84. The van der Waals surface area contributed by atoms with E-state index in [0.29, 0.717) is 24.2 Å². The molecule has 0 radical (unpaired) electrons. The third-order valence-electron chi connectivity index (χ3n) is 3.02. The monoisotopic (exact) mass is 300 g/mol. The molecule has 5 heteroatoms. The van der Waals surface area contributed by atoms with Gasteiger partial charge in [-0.2, -0.15) is 0 Å². The minimum absolute atomic E-state index is 0.0847. The summed E-state index contributed by atoms with van der Waals surface area (Å²) in [6.07, 6.45) is 3.14. The average Bonchev–Trinajstić information content (AvgIpc) is 2.39. The molecule has 1 rings (SSSR count). The Morgan fingerprint density at radius 3 is 2.45 bits per heavy atom. The smallest absolute Gasteiger partial charge is 0.178 e. The molecule has 0 atom stereocenters. The van der Waals surface area contributed by atoms with Crippen LogP contribution in [-0.4, -0.2) is 25.9 Å². The Balaban J connectivity index is 2.37. The molecule has 0 aliphatic carbocycles. The Labute approximate surface area is 120 Å². The number of sulfone groups is 1. The topological polar surface area (TPSA) is 54.4 Å². The molecule has 0 aliphatic rings. The first-order valence-corrected chi connectivity index (χ1v) is 8.36. The van der Waals surface area contributed by atoms with Crippen LogP contribution in [0.4, 0.5) is 4.39 Å². The molecule has 0 saturated carbocycles. The second kappa shape index (κ2) is 8.17. The van der Waals surface area contributed by atoms with E-state index in [2.05, 4.69) is 0 Å². The van der Waals surface area contributed by atoms with Crippen LogP contribution in [0.1, 0.15) is 31.2 Å². The van der Waals surface area contributed by atoms with E-state index in [1.807, 2.05) is 6.92 Å². The Morgan fingerprint density at radius 2 is 1.85 bits per heavy atom. The number of aliphatic hydroxyl groups is 1. The van der Waals surface area contributed by atoms with Crippen LogP contribution in [0.3, 0.4) is 0 Å². The number of aliphatic hydroxyl groups excluding tert-OH is 1. The fourth-order valence-corrected chi connectivity index (χ4v) is 3.20. The zero-order valence-corrected chi connectivity index (χ0v) is 12.5. The summed E-state index contributed by atoms with van der Waals surface area (Å²) < 4.78 is 37.0. The maximum absolute atomic E-state index is 13.0. The number of benzene rings is 1. The maximum Gasteiger partial charge on any atom is 0.178 e. The molecule has 0 aromatic heterocycles. The summed E-state index contributed by atoms with van der Waals surface area (Å²) in [6.45, 7) is 1.61. The number of allylic oxidation sites excluding steroid dienone is 1. The lowest BCUT2D eigenvalue weighted by Crippen LogP contribution is -2.06. The molecule has 0 amide bonds. The van der Waals surface area contributed by atoms with Gasteiger partial charge in [0.25, 0.3) is 0 Å². The van der Waals surface area contributed by atoms with Crippen molar-refractivity contribution >= 4 is 9.84 Å². The molecule has 20 heavy (non-hydrogen) atoms. The third-order valence-corrected chi connectivity index (χ3v) is 4.84. The van der Waals surface area contributed by atoms with Gasteiger partial charge in [0.2, 0.25) is 0 Å². The zero-order valence-electron chi connectivity index (χ0n) is 11.7. The number of hydrogen-bond donors (Lipinski definition) is 1. The summed E-state index contributed by atoms with van der Waals surface area (Å²) in [6, 6.07) is 6.80. The van der Waals surface area contributed by atoms with E-state index in [0.717, 1.165) is 11.6 Å². The largest absolute Gasteiger partial charge is 0.392 e. The summed E-state index contributed by atoms with van der Waals surface area (Å²) in [5.74, 6) is -0.254. The van der Waals surface area contributed by atoms with Crippen LogP contribution in [-0.2, 0) is 9.84 Å². The van der Waals surface area contributed by atoms with E-state index in [-0.39, 0.29) is 24.6 Å². The normalized spacial score (nSPS) is 12.7. The zero-order chi connectivity index (χ0) is 15.0. The van der Waals surface area contributed by atoms with E-state index in [4.69, 9.17) is 5.11 Å². The van der Waals surface area contributed by atoms with Crippen molar-refractivity contribution in [2.45, 2.75) is 37.5 Å². The van der Waals surface area contributed by atoms with Gasteiger partial charge in [-0.25, -0.2) is 12.8 Å². The second-order valence-electron chi connectivity index (χ2n) is 4.78. The highest BCUT2D eigenvalue weighted by atomic mass is 32.2. The van der Waals surface area contributed by atoms with Gasteiger partial charge < -0.3 is 5.11 Å². The van der Waals surface area contributed by atoms with Crippen molar-refractivity contribution in [1.29, 1.82) is 0 Å². The second-order valence-corrected chi connectivity index (χ2v) is 6.89. The Morgan fingerprint density at radius 1 is 1.20 bits per heavy atom. The first-order chi connectivity index (χ1) is 9.45. The standard InChI is InChI=1S/C15H21FO3S/c1-13-6-8-15(9-7-13)20(18,19)12-4-2-3-5-14(16)10-11-17/h6-10,17H,2-5,11-12H2,1H3/b14-10-. The summed E-state index contributed by atoms with van der Waals surface area (Å²) in [5, 5.41) is 8.50. The van der Waals surface area contributed by atoms with Crippen molar-refractivity contribution < 1.29 is 17.9 Å². The number of hydrogen-bond acceptors (Lipinski definition) is 3. The Kier molecular flexibility index (Phi) is 6.88. The molecule has 0 heterocycles. The molecule has 112 valence electrons. The highest BCUT2D eigenvalue weighted by molar-refractivity contribution is 7.91. The van der Waals surface area contributed by atoms with Crippen molar-refractivity contribution in [3.8, 4) is 0 Å². The van der Waals surface area contributed by atoms with Gasteiger partial charge in [0.05, 0.1) is 23.1 Å². The molecule has 0 unspecified atom stereocenters. The fourth-order valence-electron chi connectivity index (χ4n) is 1.83. The first-order valence-electron chi connectivity index (χ1n) is 6.70. The Hall–Kier alpha value is -1.20. The van der Waals surface area contributed by atoms with Gasteiger partial charge in [-0.1, -0.05) is 24.1 Å². The van der Waals surface area contributed by atoms with Gasteiger partial charge in [-0.15, -0.1) is 0 Å². The highest BCUT2D eigenvalue weighted by Crippen LogP contribution is 2.15. The summed E-state index contributed by atoms with van der Waals surface area (Å²) >= 11 is 0. The highest BCUT2D eigenvalue weighted by Gasteiger charge is 2.13. The first kappa shape index (κ1) is 16.9. The number of rotatable bonds is 8. The molecule has 3 nitrogen and oxygen atoms in total. The van der Waals surface area contributed by atoms with Gasteiger partial charge in [0, 0.05) is 0 Å². The van der Waals surface area contributed by atoms with Crippen LogP contribution >= 0.6 is 0 Å². The lowest BCUT2D eigenvalue weighted by Gasteiger charge is -2.05. The van der Waals surface area contributed by atoms with E-state index >= 15 is 0 Å². The van der Waals surface area contributed by atoms with Crippen LogP contribution < -0.4 is 0 Å². The summed E-state index contributed by atoms with van der Waals surface area (Å²) in [7, 11) is -3.24. The van der Waals surface area contributed by atoms with Crippen LogP contribution in [0, 0.1) is 6.92 Å². The molecular weight excluding hydrogens is 279 g/mol. The predicted octanol–water partition coefficient (Wildman–Crippen LogP) is 3.17. The van der Waals surface area contributed by atoms with E-state index in [9.17, 15) is 12.8 Å². The van der Waals surface area contributed by atoms with E-state index in [1.165, 1.54) is 0 Å². The van der Waals surface area contributed by atoms with Crippen molar-refractivity contribution in [1.82, 2.24) is 0 Å². The molecule has 0 aliphatic heterocycles. The van der Waals surface area contributed by atoms with Gasteiger partial charge in [0.1, 0.15) is 0 Å². The SMILES string of the molecule is Cc1ccc(S(=O)(=O)CCCCC/C(F)=C/CO)cc1. The van der Waals surface area contributed by atoms with Crippen molar-refractivity contribution in [3.05, 3.63) is 41.7 Å². The van der Waals surface area contributed by atoms with Crippen molar-refractivity contribution in [2.75, 3.05) is 12.4 Å². The van der Waals surface area contributed by atoms with Gasteiger partial charge in [0.15, 0.2) is 9.84 Å². The fraction of sp³-hybridized carbons (Fsp3) is 0.467. The lowest BCUT2D eigenvalue weighted by atomic mass is 10.2. The van der Waals surface area contributed by atoms with Crippen LogP contribution in [0.2, 0.25) is 0 Å². The quantitative estimate of drug-likeness (QED) is 0.750. The van der Waals surface area contributed by atoms with E-state index in [1.54, 1.807) is 24.3 Å². The van der Waals surface area contributed by atoms with E-state index < -0.39 is 9.84 Å². The van der Waals surface area contributed by atoms with Gasteiger partial charge in [-0.3, -0.25) is 0 Å². The molecule has 0 bridgehead atoms. The minimum atomic E-state index is -3.24. The molecule has 1 N–H and O–H groups in total. The minimum Gasteiger partial charge on any atom is -0.392 e. The van der Waals surface area contributed by atoms with Crippen LogP contribution in [0.25, 0.3) is 0 Å². The molecular formula is C15H21FO3S. The molecule has 0 fully saturated rings. The Bertz CT molecular complexity index is 533.